The lowest BCUT2D eigenvalue weighted by Crippen LogP contribution is -2.49. The summed E-state index contributed by atoms with van der Waals surface area (Å²) >= 11 is 0. The van der Waals surface area contributed by atoms with E-state index >= 15 is 0 Å². The van der Waals surface area contributed by atoms with Gasteiger partial charge in [-0.1, -0.05) is 18.2 Å². The standard InChI is InChI=1S/C20H20N6O/c1-12-11-26(8-7-22-12)18-10-23-15-4-2-3-14(19(15)25-18)13-5-6-17-16(9-13)24-20(21)27-17/h2-6,9-10,12,22H,7-8,11H2,1H3,(H2,21,24). The summed E-state index contributed by atoms with van der Waals surface area (Å²) < 4.78 is 5.38. The highest BCUT2D eigenvalue weighted by Gasteiger charge is 2.18. The van der Waals surface area contributed by atoms with Crippen molar-refractivity contribution in [3.63, 3.8) is 0 Å². The largest absolute Gasteiger partial charge is 0.424 e. The van der Waals surface area contributed by atoms with Crippen LogP contribution in [0.5, 0.6) is 0 Å². The Morgan fingerprint density at radius 1 is 1.19 bits per heavy atom. The lowest BCUT2D eigenvalue weighted by Gasteiger charge is -2.32. The van der Waals surface area contributed by atoms with Gasteiger partial charge in [0.2, 0.25) is 0 Å². The van der Waals surface area contributed by atoms with Crippen LogP contribution in [0.2, 0.25) is 0 Å². The molecule has 1 aliphatic heterocycles. The van der Waals surface area contributed by atoms with Gasteiger partial charge in [0.05, 0.1) is 17.2 Å². The Labute approximate surface area is 156 Å². The fourth-order valence-electron chi connectivity index (χ4n) is 3.66. The number of anilines is 2. The highest BCUT2D eigenvalue weighted by atomic mass is 16.4. The second-order valence-electron chi connectivity index (χ2n) is 6.94. The number of oxazole rings is 1. The van der Waals surface area contributed by atoms with Crippen LogP contribution >= 0.6 is 0 Å². The molecule has 136 valence electrons. The van der Waals surface area contributed by atoms with Gasteiger partial charge in [-0.3, -0.25) is 4.98 Å². The number of aromatic nitrogens is 3. The first-order chi connectivity index (χ1) is 13.2. The number of nitrogens with two attached hydrogens (primary N) is 1. The van der Waals surface area contributed by atoms with E-state index in [0.29, 0.717) is 11.6 Å². The molecule has 0 spiro atoms. The van der Waals surface area contributed by atoms with E-state index in [1.165, 1.54) is 0 Å². The van der Waals surface area contributed by atoms with Crippen LogP contribution in [0.1, 0.15) is 6.92 Å². The summed E-state index contributed by atoms with van der Waals surface area (Å²) in [6.07, 6.45) is 1.87. The van der Waals surface area contributed by atoms with E-state index in [9.17, 15) is 0 Å². The molecule has 1 atom stereocenters. The van der Waals surface area contributed by atoms with Gasteiger partial charge in [-0.15, -0.1) is 0 Å². The molecule has 1 saturated heterocycles. The maximum atomic E-state index is 5.67. The highest BCUT2D eigenvalue weighted by molar-refractivity contribution is 5.94. The molecule has 0 radical (unpaired) electrons. The quantitative estimate of drug-likeness (QED) is 0.568. The Kier molecular flexibility index (Phi) is 3.68. The average Bonchev–Trinajstić information content (AvgIpc) is 3.06. The van der Waals surface area contributed by atoms with E-state index in [1.54, 1.807) is 0 Å². The minimum atomic E-state index is 0.176. The molecular weight excluding hydrogens is 340 g/mol. The maximum absolute atomic E-state index is 5.67. The van der Waals surface area contributed by atoms with Crippen molar-refractivity contribution in [2.45, 2.75) is 13.0 Å². The molecule has 7 nitrogen and oxygen atoms in total. The number of fused-ring (bicyclic) bond motifs is 2. The predicted molar refractivity (Wildman–Crippen MR) is 107 cm³/mol. The van der Waals surface area contributed by atoms with Gasteiger partial charge >= 0.3 is 0 Å². The van der Waals surface area contributed by atoms with Gasteiger partial charge < -0.3 is 20.4 Å². The first kappa shape index (κ1) is 16.0. The highest BCUT2D eigenvalue weighted by Crippen LogP contribution is 2.30. The van der Waals surface area contributed by atoms with Crippen molar-refractivity contribution in [2.75, 3.05) is 30.3 Å². The minimum Gasteiger partial charge on any atom is -0.424 e. The third kappa shape index (κ3) is 2.86. The normalized spacial score (nSPS) is 17.7. The molecule has 1 unspecified atom stereocenters. The van der Waals surface area contributed by atoms with Gasteiger partial charge in [-0.05, 0) is 30.7 Å². The zero-order chi connectivity index (χ0) is 18.4. The number of para-hydroxylation sites is 1. The van der Waals surface area contributed by atoms with E-state index < -0.39 is 0 Å². The SMILES string of the molecule is CC1CN(c2cnc3cccc(-c4ccc5oc(N)nc5c4)c3n2)CCN1. The zero-order valence-corrected chi connectivity index (χ0v) is 15.0. The number of benzene rings is 2. The molecule has 27 heavy (non-hydrogen) atoms. The van der Waals surface area contributed by atoms with E-state index in [2.05, 4.69) is 33.2 Å². The maximum Gasteiger partial charge on any atom is 0.292 e. The van der Waals surface area contributed by atoms with Gasteiger partial charge in [0.15, 0.2) is 5.58 Å². The number of nitrogen functional groups attached to an aromatic ring is 1. The molecule has 2 aromatic heterocycles. The Bertz CT molecular complexity index is 1140. The van der Waals surface area contributed by atoms with Gasteiger partial charge in [0, 0.05) is 31.2 Å². The van der Waals surface area contributed by atoms with Crippen molar-refractivity contribution in [1.29, 1.82) is 0 Å². The van der Waals surface area contributed by atoms with Crippen LogP contribution in [0.4, 0.5) is 11.8 Å². The van der Waals surface area contributed by atoms with Crippen molar-refractivity contribution in [1.82, 2.24) is 20.3 Å². The molecule has 3 N–H and O–H groups in total. The van der Waals surface area contributed by atoms with Crippen LogP contribution < -0.4 is 16.0 Å². The smallest absolute Gasteiger partial charge is 0.292 e. The van der Waals surface area contributed by atoms with Crippen molar-refractivity contribution in [3.8, 4) is 11.1 Å². The van der Waals surface area contributed by atoms with Crippen LogP contribution in [0.25, 0.3) is 33.3 Å². The summed E-state index contributed by atoms with van der Waals surface area (Å²) in [6, 6.07) is 12.5. The fourth-order valence-corrected chi connectivity index (χ4v) is 3.66. The van der Waals surface area contributed by atoms with Crippen LogP contribution in [-0.4, -0.2) is 40.6 Å². The lowest BCUT2D eigenvalue weighted by molar-refractivity contribution is 0.482. The molecule has 4 aromatic rings. The van der Waals surface area contributed by atoms with Crippen LogP contribution in [0.15, 0.2) is 47.0 Å². The molecule has 2 aromatic carbocycles. The Hall–Kier alpha value is -3.19. The number of nitrogens with one attached hydrogen (secondary N) is 1. The summed E-state index contributed by atoms with van der Waals surface area (Å²) in [7, 11) is 0. The van der Waals surface area contributed by atoms with Gasteiger partial charge in [-0.25, -0.2) is 4.98 Å². The summed E-state index contributed by atoms with van der Waals surface area (Å²) in [5.41, 5.74) is 10.9. The second kappa shape index (κ2) is 6.21. The zero-order valence-electron chi connectivity index (χ0n) is 15.0. The molecule has 0 saturated carbocycles. The van der Waals surface area contributed by atoms with Crippen molar-refractivity contribution < 1.29 is 4.42 Å². The third-order valence-corrected chi connectivity index (χ3v) is 4.97. The first-order valence-electron chi connectivity index (χ1n) is 9.08. The Morgan fingerprint density at radius 2 is 2.11 bits per heavy atom. The summed E-state index contributed by atoms with van der Waals surface area (Å²) in [4.78, 5) is 16.1. The lowest BCUT2D eigenvalue weighted by atomic mass is 10.0. The Morgan fingerprint density at radius 3 is 3.00 bits per heavy atom. The molecule has 3 heterocycles. The predicted octanol–water partition coefficient (Wildman–Crippen LogP) is 2.82. The minimum absolute atomic E-state index is 0.176. The summed E-state index contributed by atoms with van der Waals surface area (Å²) in [5.74, 6) is 0.912. The van der Waals surface area contributed by atoms with E-state index in [0.717, 1.165) is 53.1 Å². The van der Waals surface area contributed by atoms with Crippen LogP contribution in [-0.2, 0) is 0 Å². The number of rotatable bonds is 2. The first-order valence-corrected chi connectivity index (χ1v) is 9.08. The molecule has 5 rings (SSSR count). The topological polar surface area (TPSA) is 93.1 Å². The van der Waals surface area contributed by atoms with Crippen LogP contribution in [0, 0.1) is 0 Å². The molecule has 1 aliphatic rings. The van der Waals surface area contributed by atoms with Crippen molar-refractivity contribution in [2.24, 2.45) is 0 Å². The second-order valence-corrected chi connectivity index (χ2v) is 6.94. The number of hydrogen-bond donors (Lipinski definition) is 2. The van der Waals surface area contributed by atoms with Gasteiger partial charge in [0.25, 0.3) is 6.01 Å². The molecule has 7 heteroatoms. The third-order valence-electron chi connectivity index (χ3n) is 4.97. The van der Waals surface area contributed by atoms with Crippen molar-refractivity contribution in [3.05, 3.63) is 42.6 Å². The molecule has 0 amide bonds. The molecule has 1 fully saturated rings. The number of nitrogens with zero attached hydrogens (tertiary/aromatic N) is 4. The van der Waals surface area contributed by atoms with E-state index in [4.69, 9.17) is 15.1 Å². The molecule has 0 bridgehead atoms. The Balaban J connectivity index is 1.63. The van der Waals surface area contributed by atoms with E-state index in [-0.39, 0.29) is 6.01 Å². The molecular formula is C20H20N6O. The summed E-state index contributed by atoms with van der Waals surface area (Å²) in [5, 5.41) is 3.46. The van der Waals surface area contributed by atoms with E-state index in [1.807, 2.05) is 36.5 Å². The monoisotopic (exact) mass is 360 g/mol. The summed E-state index contributed by atoms with van der Waals surface area (Å²) in [6.45, 7) is 4.99. The number of hydrogen-bond acceptors (Lipinski definition) is 7. The van der Waals surface area contributed by atoms with Gasteiger partial charge in [-0.2, -0.15) is 4.98 Å². The number of piperazine rings is 1. The fraction of sp³-hybridized carbons (Fsp3) is 0.250. The molecule has 0 aliphatic carbocycles. The average molecular weight is 360 g/mol. The van der Waals surface area contributed by atoms with Gasteiger partial charge in [0.1, 0.15) is 11.3 Å². The van der Waals surface area contributed by atoms with Crippen molar-refractivity contribution >= 4 is 34.0 Å². The van der Waals surface area contributed by atoms with Crippen LogP contribution in [0.3, 0.4) is 0 Å².